The smallest absolute Gasteiger partial charge is 0.161 e. The first-order valence-corrected chi connectivity index (χ1v) is 18.6. The summed E-state index contributed by atoms with van der Waals surface area (Å²) in [5.74, 6) is 0.789. The summed E-state index contributed by atoms with van der Waals surface area (Å²) in [6.45, 7) is 6.20. The Kier molecular flexibility index (Phi) is 7.81. The molecular weight excluding hydrogens is 673 g/mol. The molecule has 0 bridgehead atoms. The highest BCUT2D eigenvalue weighted by Crippen LogP contribution is 2.46. The highest BCUT2D eigenvalue weighted by Gasteiger charge is 2.24. The van der Waals surface area contributed by atoms with Gasteiger partial charge >= 0.3 is 0 Å². The van der Waals surface area contributed by atoms with Crippen LogP contribution in [0.2, 0.25) is 0 Å². The van der Waals surface area contributed by atoms with Gasteiger partial charge in [0.1, 0.15) is 22.4 Å². The Morgan fingerprint density at radius 1 is 0.582 bits per heavy atom. The third kappa shape index (κ3) is 5.30. The summed E-state index contributed by atoms with van der Waals surface area (Å²) in [6, 6.07) is 59.7. The van der Waals surface area contributed by atoms with Crippen molar-refractivity contribution in [3.05, 3.63) is 194 Å². The molecule has 10 aromatic rings. The number of benzene rings is 7. The highest BCUT2D eigenvalue weighted by atomic mass is 16.3. The van der Waals surface area contributed by atoms with Gasteiger partial charge in [-0.15, -0.1) is 0 Å². The number of nitrogens with zero attached hydrogens (tertiary/aromatic N) is 2. The minimum Gasteiger partial charge on any atom is -0.456 e. The molecule has 0 amide bonds. The lowest BCUT2D eigenvalue weighted by Gasteiger charge is -2.27. The molecular formula is C51H36N2O2. The van der Waals surface area contributed by atoms with Crippen LogP contribution >= 0.6 is 0 Å². The molecule has 262 valence electrons. The Balaban J connectivity index is 1.18. The fraction of sp³-hybridized carbons (Fsp3) is 0.0196. The zero-order chi connectivity index (χ0) is 36.9. The van der Waals surface area contributed by atoms with E-state index in [0.29, 0.717) is 0 Å². The molecule has 0 unspecified atom stereocenters. The van der Waals surface area contributed by atoms with E-state index in [1.807, 2.05) is 37.3 Å². The predicted molar refractivity (Wildman–Crippen MR) is 231 cm³/mol. The van der Waals surface area contributed by atoms with Gasteiger partial charge in [-0.25, -0.2) is 0 Å². The second kappa shape index (κ2) is 13.3. The van der Waals surface area contributed by atoms with Crippen molar-refractivity contribution < 1.29 is 8.83 Å². The van der Waals surface area contributed by atoms with Crippen molar-refractivity contribution in [1.29, 1.82) is 0 Å². The van der Waals surface area contributed by atoms with Crippen molar-refractivity contribution in [3.63, 3.8) is 0 Å². The van der Waals surface area contributed by atoms with E-state index in [2.05, 4.69) is 174 Å². The summed E-state index contributed by atoms with van der Waals surface area (Å²) in [5, 5.41) is 3.17. The topological polar surface area (TPSA) is 34.5 Å². The lowest BCUT2D eigenvalue weighted by Crippen LogP contribution is -2.10. The molecule has 3 aromatic heterocycles. The van der Waals surface area contributed by atoms with Crippen LogP contribution in [0.5, 0.6) is 0 Å². The molecule has 0 spiro atoms. The molecule has 0 radical (unpaired) electrons. The number of furan rings is 2. The van der Waals surface area contributed by atoms with Crippen molar-refractivity contribution in [3.8, 4) is 27.9 Å². The number of hydrogen-bond acceptors (Lipinski definition) is 3. The second-order valence-electron chi connectivity index (χ2n) is 13.7. The zero-order valence-electron chi connectivity index (χ0n) is 30.3. The molecule has 0 saturated heterocycles. The normalized spacial score (nSPS) is 11.7. The maximum absolute atomic E-state index is 6.93. The number of para-hydroxylation sites is 3. The van der Waals surface area contributed by atoms with Gasteiger partial charge in [-0.05, 0) is 96.4 Å². The summed E-state index contributed by atoms with van der Waals surface area (Å²) in [6.07, 6.45) is 5.89. The van der Waals surface area contributed by atoms with E-state index >= 15 is 0 Å². The van der Waals surface area contributed by atoms with Crippen LogP contribution in [0.1, 0.15) is 18.2 Å². The first-order valence-electron chi connectivity index (χ1n) is 18.6. The lowest BCUT2D eigenvalue weighted by molar-refractivity contribution is 0.603. The number of fused-ring (bicyclic) bond motifs is 6. The summed E-state index contributed by atoms with van der Waals surface area (Å²) in [7, 11) is 0. The molecule has 7 aromatic carbocycles. The molecule has 4 heteroatoms. The largest absolute Gasteiger partial charge is 0.456 e. The van der Waals surface area contributed by atoms with Crippen LogP contribution in [-0.4, -0.2) is 4.57 Å². The molecule has 0 aliphatic rings. The van der Waals surface area contributed by atoms with Gasteiger partial charge in [0.15, 0.2) is 5.58 Å². The summed E-state index contributed by atoms with van der Waals surface area (Å²) in [4.78, 5) is 2.32. The van der Waals surface area contributed by atoms with Crippen LogP contribution < -0.4 is 4.90 Å². The third-order valence-electron chi connectivity index (χ3n) is 10.5. The van der Waals surface area contributed by atoms with Crippen LogP contribution in [0.15, 0.2) is 191 Å². The van der Waals surface area contributed by atoms with Crippen LogP contribution in [0, 0.1) is 0 Å². The maximum Gasteiger partial charge on any atom is 0.161 e. The fourth-order valence-electron chi connectivity index (χ4n) is 8.07. The minimum atomic E-state index is 0.789. The number of allylic oxidation sites excluding steroid dienone is 1. The lowest BCUT2D eigenvalue weighted by atomic mass is 10.0. The summed E-state index contributed by atoms with van der Waals surface area (Å²) < 4.78 is 15.7. The van der Waals surface area contributed by atoms with Gasteiger partial charge < -0.3 is 18.3 Å². The average Bonchev–Trinajstić information content (AvgIpc) is 3.91. The van der Waals surface area contributed by atoms with Crippen molar-refractivity contribution >= 4 is 73.2 Å². The van der Waals surface area contributed by atoms with E-state index in [0.717, 1.165) is 94.7 Å². The number of rotatable bonds is 8. The first-order chi connectivity index (χ1) is 27.2. The van der Waals surface area contributed by atoms with Crippen molar-refractivity contribution in [1.82, 2.24) is 4.57 Å². The van der Waals surface area contributed by atoms with Crippen molar-refractivity contribution in [2.45, 2.75) is 6.92 Å². The van der Waals surface area contributed by atoms with Crippen LogP contribution in [0.4, 0.5) is 17.1 Å². The summed E-state index contributed by atoms with van der Waals surface area (Å²) >= 11 is 0. The molecule has 3 heterocycles. The van der Waals surface area contributed by atoms with E-state index in [4.69, 9.17) is 8.83 Å². The van der Waals surface area contributed by atoms with Crippen LogP contribution in [0.25, 0.3) is 84.0 Å². The number of aromatic nitrogens is 1. The van der Waals surface area contributed by atoms with Crippen molar-refractivity contribution in [2.24, 2.45) is 0 Å². The maximum atomic E-state index is 6.93. The highest BCUT2D eigenvalue weighted by molar-refractivity contribution is 6.18. The van der Waals surface area contributed by atoms with E-state index in [-0.39, 0.29) is 0 Å². The quantitative estimate of drug-likeness (QED) is 0.158. The van der Waals surface area contributed by atoms with E-state index in [9.17, 15) is 0 Å². The van der Waals surface area contributed by atoms with Gasteiger partial charge in [-0.2, -0.15) is 0 Å². The number of hydrogen-bond donors (Lipinski definition) is 0. The Morgan fingerprint density at radius 3 is 2.07 bits per heavy atom. The van der Waals surface area contributed by atoms with Crippen molar-refractivity contribution in [2.75, 3.05) is 4.90 Å². The second-order valence-corrected chi connectivity index (χ2v) is 13.7. The Bertz CT molecular complexity index is 3050. The first kappa shape index (κ1) is 32.4. The van der Waals surface area contributed by atoms with E-state index < -0.39 is 0 Å². The Morgan fingerprint density at radius 2 is 1.27 bits per heavy atom. The van der Waals surface area contributed by atoms with E-state index in [1.54, 1.807) is 0 Å². The SMILES string of the molecule is C=Cc1c(/C=C\C)oc2cccc(N(c3ccc(-c4ccccc4)cc3)c3cccc(-c4cccc5c4oc4c6ccccc6n(-c6ccccc6)c54)c3)c12. The monoisotopic (exact) mass is 708 g/mol. The molecule has 55 heavy (non-hydrogen) atoms. The molecule has 0 atom stereocenters. The van der Waals surface area contributed by atoms with Crippen LogP contribution in [-0.2, 0) is 0 Å². The zero-order valence-corrected chi connectivity index (χ0v) is 30.3. The fourth-order valence-corrected chi connectivity index (χ4v) is 8.07. The molecule has 0 aliphatic carbocycles. The van der Waals surface area contributed by atoms with Gasteiger partial charge in [-0.3, -0.25) is 0 Å². The van der Waals surface area contributed by atoms with Gasteiger partial charge in [0.2, 0.25) is 0 Å². The molecule has 10 rings (SSSR count). The van der Waals surface area contributed by atoms with E-state index in [1.165, 1.54) is 5.56 Å². The van der Waals surface area contributed by atoms with Gasteiger partial charge in [0.25, 0.3) is 0 Å². The molecule has 0 fully saturated rings. The van der Waals surface area contributed by atoms with Gasteiger partial charge in [-0.1, -0.05) is 122 Å². The third-order valence-corrected chi connectivity index (χ3v) is 10.5. The summed E-state index contributed by atoms with van der Waals surface area (Å²) in [5.41, 5.74) is 14.3. The Hall–Kier alpha value is -7.30. The van der Waals surface area contributed by atoms with Gasteiger partial charge in [0.05, 0.1) is 16.6 Å². The Labute approximate surface area is 319 Å². The minimum absolute atomic E-state index is 0.789. The standard InChI is InChI=1S/C51H36N2O2/c1-3-16-46-40(4-2)48-45(27-15-28-47(48)54-46)52(38-31-29-35(30-32-38)34-17-7-5-8-18-34)39-22-13-19-36(33-39)41-24-14-25-43-49-51(55-50(41)43)42-23-11-12-26-44(42)53(49)37-20-9-6-10-21-37/h3-33H,2H2,1H3/b16-3-. The average molecular weight is 709 g/mol. The number of anilines is 3. The molecule has 0 N–H and O–H groups in total. The molecule has 0 saturated carbocycles. The van der Waals surface area contributed by atoms with Crippen LogP contribution in [0.3, 0.4) is 0 Å². The molecule has 4 nitrogen and oxygen atoms in total. The van der Waals surface area contributed by atoms with Gasteiger partial charge in [0, 0.05) is 39.0 Å². The molecule has 0 aliphatic heterocycles. The predicted octanol–water partition coefficient (Wildman–Crippen LogP) is 14.8.